The van der Waals surface area contributed by atoms with E-state index in [9.17, 15) is 22.8 Å². The first-order chi connectivity index (χ1) is 13.2. The van der Waals surface area contributed by atoms with Gasteiger partial charge in [-0.3, -0.25) is 14.4 Å². The molecule has 0 saturated carbocycles. The van der Waals surface area contributed by atoms with Crippen LogP contribution in [0.1, 0.15) is 12.8 Å². The zero-order chi connectivity index (χ0) is 20.1. The van der Waals surface area contributed by atoms with Gasteiger partial charge in [0.05, 0.1) is 11.6 Å². The summed E-state index contributed by atoms with van der Waals surface area (Å²) in [5.41, 5.74) is 0.704. The van der Waals surface area contributed by atoms with Gasteiger partial charge in [-0.25, -0.2) is 14.8 Å². The lowest BCUT2D eigenvalue weighted by molar-refractivity contribution is -0.151. The SMILES string of the molecule is Cn1ncc2c(N3CCC(N4CC(=O)N(CC(F)(F)F)C4=O)CC3)ncnc21. The van der Waals surface area contributed by atoms with Crippen LogP contribution >= 0.6 is 0 Å². The molecule has 0 aliphatic carbocycles. The number of urea groups is 1. The lowest BCUT2D eigenvalue weighted by Gasteiger charge is -2.36. The zero-order valence-electron chi connectivity index (χ0n) is 15.1. The fourth-order valence-corrected chi connectivity index (χ4v) is 3.77. The lowest BCUT2D eigenvalue weighted by Crippen LogP contribution is -2.47. The predicted molar refractivity (Wildman–Crippen MR) is 91.4 cm³/mol. The Morgan fingerprint density at radius 3 is 2.57 bits per heavy atom. The molecular formula is C16H18F3N7O2. The molecule has 0 unspecified atom stereocenters. The molecule has 0 atom stereocenters. The molecule has 2 aromatic heterocycles. The van der Waals surface area contributed by atoms with E-state index in [-0.39, 0.29) is 17.5 Å². The Morgan fingerprint density at radius 2 is 1.89 bits per heavy atom. The Bertz CT molecular complexity index is 921. The molecule has 2 aliphatic heterocycles. The van der Waals surface area contributed by atoms with Gasteiger partial charge < -0.3 is 9.80 Å². The maximum Gasteiger partial charge on any atom is 0.406 e. The molecule has 0 radical (unpaired) electrons. The third-order valence-corrected chi connectivity index (χ3v) is 5.13. The number of anilines is 1. The van der Waals surface area contributed by atoms with Crippen molar-refractivity contribution in [1.29, 1.82) is 0 Å². The number of hydrogen-bond acceptors (Lipinski definition) is 6. The van der Waals surface area contributed by atoms with E-state index < -0.39 is 24.7 Å². The molecule has 2 aromatic rings. The third-order valence-electron chi connectivity index (χ3n) is 5.13. The topological polar surface area (TPSA) is 87.5 Å². The Labute approximate surface area is 157 Å². The summed E-state index contributed by atoms with van der Waals surface area (Å²) in [4.78, 5) is 36.3. The minimum atomic E-state index is -4.60. The Kier molecular flexibility index (Phi) is 4.35. The Balaban J connectivity index is 1.44. The molecule has 2 aliphatic rings. The van der Waals surface area contributed by atoms with Crippen molar-refractivity contribution in [2.24, 2.45) is 7.05 Å². The van der Waals surface area contributed by atoms with Crippen molar-refractivity contribution >= 4 is 28.8 Å². The summed E-state index contributed by atoms with van der Waals surface area (Å²) in [5, 5.41) is 5.00. The molecule has 0 N–H and O–H groups in total. The van der Waals surface area contributed by atoms with E-state index >= 15 is 0 Å². The number of imide groups is 1. The van der Waals surface area contributed by atoms with Crippen LogP contribution in [0, 0.1) is 0 Å². The first-order valence-corrected chi connectivity index (χ1v) is 8.80. The van der Waals surface area contributed by atoms with Crippen molar-refractivity contribution in [2.75, 3.05) is 31.1 Å². The van der Waals surface area contributed by atoms with E-state index in [2.05, 4.69) is 15.1 Å². The van der Waals surface area contributed by atoms with Gasteiger partial charge in [0.1, 0.15) is 25.2 Å². The molecule has 0 bridgehead atoms. The minimum absolute atomic E-state index is 0.280. The number of aryl methyl sites for hydroxylation is 1. The second-order valence-corrected chi connectivity index (χ2v) is 6.93. The van der Waals surface area contributed by atoms with Gasteiger partial charge in [-0.05, 0) is 12.8 Å². The summed E-state index contributed by atoms with van der Waals surface area (Å²) >= 11 is 0. The van der Waals surface area contributed by atoms with Gasteiger partial charge in [0, 0.05) is 26.2 Å². The van der Waals surface area contributed by atoms with E-state index in [4.69, 9.17) is 0 Å². The molecule has 3 amide bonds. The van der Waals surface area contributed by atoms with Gasteiger partial charge in [-0.1, -0.05) is 0 Å². The summed E-state index contributed by atoms with van der Waals surface area (Å²) in [7, 11) is 1.79. The molecule has 12 heteroatoms. The maximum atomic E-state index is 12.6. The Hall–Kier alpha value is -2.92. The summed E-state index contributed by atoms with van der Waals surface area (Å²) in [6, 6.07) is -1.14. The number of hydrogen-bond donors (Lipinski definition) is 0. The highest BCUT2D eigenvalue weighted by atomic mass is 19.4. The fraction of sp³-hybridized carbons (Fsp3) is 0.562. The maximum absolute atomic E-state index is 12.6. The standard InChI is InChI=1S/C16H18F3N7O2/c1-23-13-11(6-22-23)14(21-9-20-13)24-4-2-10(3-5-24)25-7-12(27)26(15(25)28)8-16(17,18)19/h6,9-10H,2-5,7-8H2,1H3. The van der Waals surface area contributed by atoms with Gasteiger partial charge >= 0.3 is 12.2 Å². The number of rotatable bonds is 3. The molecule has 4 heterocycles. The van der Waals surface area contributed by atoms with Crippen LogP contribution in [0.3, 0.4) is 0 Å². The molecular weight excluding hydrogens is 379 g/mol. The number of alkyl halides is 3. The van der Waals surface area contributed by atoms with Crippen LogP contribution in [0.4, 0.5) is 23.8 Å². The number of halogens is 3. The number of aromatic nitrogens is 4. The van der Waals surface area contributed by atoms with Crippen molar-refractivity contribution < 1.29 is 22.8 Å². The van der Waals surface area contributed by atoms with E-state index in [0.29, 0.717) is 31.6 Å². The monoisotopic (exact) mass is 397 g/mol. The van der Waals surface area contributed by atoms with Gasteiger partial charge in [0.2, 0.25) is 0 Å². The molecule has 2 saturated heterocycles. The van der Waals surface area contributed by atoms with E-state index in [1.807, 2.05) is 4.90 Å². The average molecular weight is 397 g/mol. The number of amides is 3. The molecule has 2 fully saturated rings. The largest absolute Gasteiger partial charge is 0.406 e. The number of carbonyl (C=O) groups excluding carboxylic acids is 2. The average Bonchev–Trinajstić information content (AvgIpc) is 3.16. The first-order valence-electron chi connectivity index (χ1n) is 8.80. The van der Waals surface area contributed by atoms with Crippen LogP contribution in [-0.4, -0.2) is 79.9 Å². The van der Waals surface area contributed by atoms with Crippen LogP contribution < -0.4 is 4.90 Å². The van der Waals surface area contributed by atoms with Crippen molar-refractivity contribution in [1.82, 2.24) is 29.5 Å². The molecule has 4 rings (SSSR count). The number of nitrogens with zero attached hydrogens (tertiary/aromatic N) is 7. The molecule has 0 spiro atoms. The fourth-order valence-electron chi connectivity index (χ4n) is 3.77. The number of piperidine rings is 1. The van der Waals surface area contributed by atoms with Gasteiger partial charge in [0.15, 0.2) is 5.65 Å². The molecule has 150 valence electrons. The predicted octanol–water partition coefficient (Wildman–Crippen LogP) is 1.16. The van der Waals surface area contributed by atoms with Crippen molar-refractivity contribution in [3.8, 4) is 0 Å². The van der Waals surface area contributed by atoms with Crippen LogP contribution in [0.2, 0.25) is 0 Å². The second kappa shape index (κ2) is 6.60. The summed E-state index contributed by atoms with van der Waals surface area (Å²) in [6.45, 7) is -0.730. The van der Waals surface area contributed by atoms with E-state index in [1.54, 1.807) is 17.9 Å². The highest BCUT2D eigenvalue weighted by Crippen LogP contribution is 2.29. The highest BCUT2D eigenvalue weighted by Gasteiger charge is 2.45. The lowest BCUT2D eigenvalue weighted by atomic mass is 10.0. The normalized spacial score (nSPS) is 19.4. The van der Waals surface area contributed by atoms with Crippen LogP contribution in [0.5, 0.6) is 0 Å². The van der Waals surface area contributed by atoms with Gasteiger partial charge in [-0.2, -0.15) is 18.3 Å². The van der Waals surface area contributed by atoms with Crippen molar-refractivity contribution in [3.05, 3.63) is 12.5 Å². The van der Waals surface area contributed by atoms with Crippen LogP contribution in [-0.2, 0) is 11.8 Å². The zero-order valence-corrected chi connectivity index (χ0v) is 15.1. The number of fused-ring (bicyclic) bond motifs is 1. The van der Waals surface area contributed by atoms with Crippen LogP contribution in [0.15, 0.2) is 12.5 Å². The van der Waals surface area contributed by atoms with Crippen molar-refractivity contribution in [2.45, 2.75) is 25.1 Å². The van der Waals surface area contributed by atoms with E-state index in [0.717, 1.165) is 11.2 Å². The van der Waals surface area contributed by atoms with Crippen molar-refractivity contribution in [3.63, 3.8) is 0 Å². The molecule has 28 heavy (non-hydrogen) atoms. The van der Waals surface area contributed by atoms with Gasteiger partial charge in [0.25, 0.3) is 5.91 Å². The van der Waals surface area contributed by atoms with Gasteiger partial charge in [-0.15, -0.1) is 0 Å². The van der Waals surface area contributed by atoms with Crippen LogP contribution in [0.25, 0.3) is 11.0 Å². The second-order valence-electron chi connectivity index (χ2n) is 6.93. The molecule has 9 nitrogen and oxygen atoms in total. The molecule has 0 aromatic carbocycles. The Morgan fingerprint density at radius 1 is 1.18 bits per heavy atom. The highest BCUT2D eigenvalue weighted by molar-refractivity contribution is 6.02. The summed E-state index contributed by atoms with van der Waals surface area (Å²) in [6.07, 6.45) is -0.389. The minimum Gasteiger partial charge on any atom is -0.356 e. The summed E-state index contributed by atoms with van der Waals surface area (Å²) in [5.74, 6) is -0.0725. The number of carbonyl (C=O) groups is 2. The first kappa shape index (κ1) is 18.4. The third kappa shape index (κ3) is 3.22. The quantitative estimate of drug-likeness (QED) is 0.723. The van der Waals surface area contributed by atoms with E-state index in [1.165, 1.54) is 11.2 Å². The summed E-state index contributed by atoms with van der Waals surface area (Å²) < 4.78 is 39.5. The smallest absolute Gasteiger partial charge is 0.356 e.